The molecule has 1 aromatic heterocycles. The zero-order chi connectivity index (χ0) is 22.7. The SMILES string of the molecule is CCOc1c(C(=O)c2ccc([N+](=O)[O-])c(C(C)=C(C)C)c2C)c(C)nn1CC(C)C. The minimum absolute atomic E-state index is 0.00000605. The van der Waals surface area contributed by atoms with Crippen LogP contribution >= 0.6 is 0 Å². The van der Waals surface area contributed by atoms with Gasteiger partial charge in [0, 0.05) is 18.2 Å². The summed E-state index contributed by atoms with van der Waals surface area (Å²) in [5.41, 5.74) is 4.26. The van der Waals surface area contributed by atoms with Crippen LogP contribution < -0.4 is 4.74 Å². The molecule has 0 unspecified atom stereocenters. The lowest BCUT2D eigenvalue weighted by Crippen LogP contribution is -2.12. The van der Waals surface area contributed by atoms with Crippen LogP contribution in [0, 0.1) is 29.9 Å². The van der Waals surface area contributed by atoms with E-state index in [1.807, 2.05) is 27.7 Å². The zero-order valence-corrected chi connectivity index (χ0v) is 19.1. The molecule has 0 aliphatic carbocycles. The maximum absolute atomic E-state index is 13.6. The van der Waals surface area contributed by atoms with Crippen molar-refractivity contribution in [1.29, 1.82) is 0 Å². The highest BCUT2D eigenvalue weighted by Crippen LogP contribution is 2.35. The second-order valence-electron chi connectivity index (χ2n) is 8.12. The Morgan fingerprint density at radius 3 is 2.33 bits per heavy atom. The number of nitro groups is 1. The standard InChI is InChI=1S/C23H31N3O4/c1-9-30-23-21(17(8)24-25(23)12-13(2)3)22(27)18-10-11-19(26(28)29)20(16(18)7)15(6)14(4)5/h10-11,13H,9,12H2,1-8H3. The molecule has 2 rings (SSSR count). The molecule has 0 fully saturated rings. The Labute approximate surface area is 177 Å². The van der Waals surface area contributed by atoms with Crippen molar-refractivity contribution < 1.29 is 14.5 Å². The van der Waals surface area contributed by atoms with Crippen molar-refractivity contribution in [2.75, 3.05) is 6.61 Å². The van der Waals surface area contributed by atoms with E-state index in [9.17, 15) is 14.9 Å². The van der Waals surface area contributed by atoms with E-state index in [1.165, 1.54) is 12.1 Å². The molecule has 30 heavy (non-hydrogen) atoms. The van der Waals surface area contributed by atoms with Crippen molar-refractivity contribution in [2.24, 2.45) is 5.92 Å². The van der Waals surface area contributed by atoms with Crippen LogP contribution in [0.15, 0.2) is 17.7 Å². The number of rotatable bonds is 8. The van der Waals surface area contributed by atoms with Gasteiger partial charge in [0.05, 0.1) is 22.8 Å². The predicted octanol–water partition coefficient (Wildman–Crippen LogP) is 5.51. The maximum atomic E-state index is 13.6. The second kappa shape index (κ2) is 9.24. The first-order valence-electron chi connectivity index (χ1n) is 10.2. The fourth-order valence-corrected chi connectivity index (χ4v) is 3.53. The molecule has 0 saturated heterocycles. The van der Waals surface area contributed by atoms with Crippen molar-refractivity contribution >= 4 is 17.0 Å². The fourth-order valence-electron chi connectivity index (χ4n) is 3.53. The Balaban J connectivity index is 2.73. The van der Waals surface area contributed by atoms with Crippen molar-refractivity contribution in [3.8, 4) is 5.88 Å². The van der Waals surface area contributed by atoms with Gasteiger partial charge in [0.1, 0.15) is 5.56 Å². The Hall–Kier alpha value is -2.96. The van der Waals surface area contributed by atoms with E-state index >= 15 is 0 Å². The van der Waals surface area contributed by atoms with Crippen LogP contribution in [-0.4, -0.2) is 27.1 Å². The second-order valence-corrected chi connectivity index (χ2v) is 8.12. The fraction of sp³-hybridized carbons (Fsp3) is 0.478. The van der Waals surface area contributed by atoms with E-state index in [0.717, 1.165) is 11.1 Å². The van der Waals surface area contributed by atoms with Crippen molar-refractivity contribution in [3.63, 3.8) is 0 Å². The highest BCUT2D eigenvalue weighted by molar-refractivity contribution is 6.12. The molecule has 7 heteroatoms. The maximum Gasteiger partial charge on any atom is 0.277 e. The first-order valence-corrected chi connectivity index (χ1v) is 10.2. The number of benzene rings is 1. The molecule has 0 saturated carbocycles. The number of nitro benzene ring substituents is 1. The Morgan fingerprint density at radius 1 is 1.20 bits per heavy atom. The van der Waals surface area contributed by atoms with Crippen molar-refractivity contribution in [1.82, 2.24) is 9.78 Å². The molecule has 0 spiro atoms. The van der Waals surface area contributed by atoms with Crippen molar-refractivity contribution in [2.45, 2.75) is 61.9 Å². The van der Waals surface area contributed by atoms with Gasteiger partial charge in [-0.1, -0.05) is 19.4 Å². The summed E-state index contributed by atoms with van der Waals surface area (Å²) in [5.74, 6) is 0.549. The number of hydrogen-bond donors (Lipinski definition) is 0. The Kier molecular flexibility index (Phi) is 7.18. The van der Waals surface area contributed by atoms with Gasteiger partial charge >= 0.3 is 0 Å². The summed E-state index contributed by atoms with van der Waals surface area (Å²) in [7, 11) is 0. The molecule has 7 nitrogen and oxygen atoms in total. The van der Waals surface area contributed by atoms with Gasteiger partial charge in [-0.3, -0.25) is 14.9 Å². The van der Waals surface area contributed by atoms with Crippen LogP contribution in [0.2, 0.25) is 0 Å². The summed E-state index contributed by atoms with van der Waals surface area (Å²) in [5, 5.41) is 16.1. The number of allylic oxidation sites excluding steroid dienone is 2. The summed E-state index contributed by atoms with van der Waals surface area (Å²) in [4.78, 5) is 24.8. The number of carbonyl (C=O) groups is 1. The van der Waals surface area contributed by atoms with Crippen LogP contribution in [-0.2, 0) is 6.54 Å². The van der Waals surface area contributed by atoms with Crippen molar-refractivity contribution in [3.05, 3.63) is 55.8 Å². The topological polar surface area (TPSA) is 87.3 Å². The first kappa shape index (κ1) is 23.3. The van der Waals surface area contributed by atoms with Gasteiger partial charge in [-0.2, -0.15) is 5.10 Å². The Morgan fingerprint density at radius 2 is 1.83 bits per heavy atom. The van der Waals surface area contributed by atoms with Gasteiger partial charge in [-0.05, 0) is 64.7 Å². The molecule has 0 atom stereocenters. The smallest absolute Gasteiger partial charge is 0.277 e. The lowest BCUT2D eigenvalue weighted by molar-refractivity contribution is -0.385. The Bertz CT molecular complexity index is 1010. The molecule has 162 valence electrons. The number of ketones is 1. The summed E-state index contributed by atoms with van der Waals surface area (Å²) in [6, 6.07) is 2.95. The molecule has 0 aliphatic heterocycles. The molecular weight excluding hydrogens is 382 g/mol. The largest absolute Gasteiger partial charge is 0.478 e. The normalized spacial score (nSPS) is 11.0. The highest BCUT2D eigenvalue weighted by Gasteiger charge is 2.28. The average molecular weight is 414 g/mol. The summed E-state index contributed by atoms with van der Waals surface area (Å²) >= 11 is 0. The number of carbonyl (C=O) groups excluding carboxylic acids is 1. The highest BCUT2D eigenvalue weighted by atomic mass is 16.6. The van der Waals surface area contributed by atoms with E-state index < -0.39 is 4.92 Å². The number of hydrogen-bond acceptors (Lipinski definition) is 5. The van der Waals surface area contributed by atoms with Gasteiger partial charge in [-0.25, -0.2) is 4.68 Å². The van der Waals surface area contributed by atoms with Crippen LogP contribution in [0.5, 0.6) is 5.88 Å². The molecule has 0 bridgehead atoms. The third-order valence-electron chi connectivity index (χ3n) is 5.14. The quantitative estimate of drug-likeness (QED) is 0.324. The molecule has 1 aromatic carbocycles. The molecule has 0 aliphatic rings. The summed E-state index contributed by atoms with van der Waals surface area (Å²) in [6.07, 6.45) is 0. The number of aromatic nitrogens is 2. The third kappa shape index (κ3) is 4.45. The lowest BCUT2D eigenvalue weighted by atomic mass is 9.90. The molecule has 0 N–H and O–H groups in total. The lowest BCUT2D eigenvalue weighted by Gasteiger charge is -2.14. The molecule has 2 aromatic rings. The van der Waals surface area contributed by atoms with Crippen LogP contribution in [0.1, 0.15) is 74.3 Å². The van der Waals surface area contributed by atoms with E-state index in [0.29, 0.717) is 52.9 Å². The molecule has 0 amide bonds. The van der Waals surface area contributed by atoms with Crippen LogP contribution in [0.25, 0.3) is 5.57 Å². The van der Waals surface area contributed by atoms with Gasteiger partial charge < -0.3 is 4.74 Å². The third-order valence-corrected chi connectivity index (χ3v) is 5.14. The monoisotopic (exact) mass is 413 g/mol. The molecule has 1 heterocycles. The number of aryl methyl sites for hydroxylation is 1. The summed E-state index contributed by atoms with van der Waals surface area (Å²) < 4.78 is 7.55. The van der Waals surface area contributed by atoms with Gasteiger partial charge in [-0.15, -0.1) is 0 Å². The minimum atomic E-state index is -0.402. The van der Waals surface area contributed by atoms with Crippen LogP contribution in [0.4, 0.5) is 5.69 Å². The zero-order valence-electron chi connectivity index (χ0n) is 19.1. The van der Waals surface area contributed by atoms with E-state index in [1.54, 1.807) is 18.5 Å². The van der Waals surface area contributed by atoms with E-state index in [-0.39, 0.29) is 11.5 Å². The first-order chi connectivity index (χ1) is 14.0. The predicted molar refractivity (Wildman–Crippen MR) is 118 cm³/mol. The van der Waals surface area contributed by atoms with Gasteiger partial charge in [0.25, 0.3) is 5.69 Å². The van der Waals surface area contributed by atoms with E-state index in [2.05, 4.69) is 18.9 Å². The minimum Gasteiger partial charge on any atom is -0.478 e. The summed E-state index contributed by atoms with van der Waals surface area (Å²) in [6.45, 7) is 16.2. The van der Waals surface area contributed by atoms with E-state index in [4.69, 9.17) is 4.74 Å². The molecule has 0 radical (unpaired) electrons. The number of nitrogens with zero attached hydrogens (tertiary/aromatic N) is 3. The number of ether oxygens (including phenoxy) is 1. The van der Waals surface area contributed by atoms with Gasteiger partial charge in [0.15, 0.2) is 0 Å². The molecular formula is C23H31N3O4. The average Bonchev–Trinajstić information content (AvgIpc) is 2.94. The van der Waals surface area contributed by atoms with Crippen LogP contribution in [0.3, 0.4) is 0 Å². The van der Waals surface area contributed by atoms with Gasteiger partial charge in [0.2, 0.25) is 11.7 Å².